The SMILES string of the molecule is CC(Cn1cccn1)NC(=O)N1CCc2sccc2C1. The van der Waals surface area contributed by atoms with Crippen molar-refractivity contribution in [1.82, 2.24) is 20.0 Å². The number of rotatable bonds is 3. The Morgan fingerprint density at radius 1 is 1.60 bits per heavy atom. The summed E-state index contributed by atoms with van der Waals surface area (Å²) in [5.41, 5.74) is 1.29. The summed E-state index contributed by atoms with van der Waals surface area (Å²) in [6, 6.07) is 4.08. The van der Waals surface area contributed by atoms with Crippen LogP contribution in [0.25, 0.3) is 0 Å². The normalized spacial score (nSPS) is 15.8. The Morgan fingerprint density at radius 2 is 2.50 bits per heavy atom. The van der Waals surface area contributed by atoms with Gasteiger partial charge in [-0.05, 0) is 36.4 Å². The molecule has 0 fully saturated rings. The van der Waals surface area contributed by atoms with Crippen LogP contribution < -0.4 is 5.32 Å². The van der Waals surface area contributed by atoms with Gasteiger partial charge < -0.3 is 10.2 Å². The van der Waals surface area contributed by atoms with Crippen LogP contribution in [0.1, 0.15) is 17.4 Å². The van der Waals surface area contributed by atoms with E-state index in [0.717, 1.165) is 19.5 Å². The lowest BCUT2D eigenvalue weighted by Crippen LogP contribution is -2.46. The Bertz CT molecular complexity index is 578. The van der Waals surface area contributed by atoms with Crippen LogP contribution in [0.2, 0.25) is 0 Å². The number of carbonyl (C=O) groups is 1. The van der Waals surface area contributed by atoms with Crippen LogP contribution in [-0.2, 0) is 19.5 Å². The molecule has 0 bridgehead atoms. The molecule has 106 valence electrons. The van der Waals surface area contributed by atoms with E-state index in [1.807, 2.05) is 28.8 Å². The summed E-state index contributed by atoms with van der Waals surface area (Å²) in [6.45, 7) is 4.21. The number of nitrogens with zero attached hydrogens (tertiary/aromatic N) is 3. The highest BCUT2D eigenvalue weighted by Crippen LogP contribution is 2.23. The number of hydrogen-bond donors (Lipinski definition) is 1. The van der Waals surface area contributed by atoms with E-state index in [-0.39, 0.29) is 12.1 Å². The zero-order valence-electron chi connectivity index (χ0n) is 11.5. The Hall–Kier alpha value is -1.82. The Kier molecular flexibility index (Phi) is 3.73. The topological polar surface area (TPSA) is 50.2 Å². The molecule has 0 saturated heterocycles. The van der Waals surface area contributed by atoms with Crippen LogP contribution in [0.3, 0.4) is 0 Å². The third-order valence-electron chi connectivity index (χ3n) is 3.48. The smallest absolute Gasteiger partial charge is 0.317 e. The Labute approximate surface area is 122 Å². The minimum Gasteiger partial charge on any atom is -0.334 e. The number of urea groups is 1. The molecule has 0 aliphatic carbocycles. The fraction of sp³-hybridized carbons (Fsp3) is 0.429. The molecule has 2 aromatic heterocycles. The molecule has 1 atom stereocenters. The molecule has 2 aromatic rings. The first-order valence-corrected chi connectivity index (χ1v) is 7.68. The lowest BCUT2D eigenvalue weighted by atomic mass is 10.1. The van der Waals surface area contributed by atoms with Gasteiger partial charge in [0.1, 0.15) is 0 Å². The van der Waals surface area contributed by atoms with E-state index >= 15 is 0 Å². The second kappa shape index (κ2) is 5.66. The van der Waals surface area contributed by atoms with Gasteiger partial charge in [-0.1, -0.05) is 0 Å². The number of fused-ring (bicyclic) bond motifs is 1. The molecule has 6 heteroatoms. The first kappa shape index (κ1) is 13.2. The summed E-state index contributed by atoms with van der Waals surface area (Å²) < 4.78 is 1.83. The third kappa shape index (κ3) is 2.85. The molecule has 20 heavy (non-hydrogen) atoms. The first-order valence-electron chi connectivity index (χ1n) is 6.80. The summed E-state index contributed by atoms with van der Waals surface area (Å²) in [6.07, 6.45) is 4.62. The zero-order chi connectivity index (χ0) is 13.9. The molecule has 3 rings (SSSR count). The molecule has 1 unspecified atom stereocenters. The van der Waals surface area contributed by atoms with E-state index in [1.54, 1.807) is 17.5 Å². The number of carbonyl (C=O) groups excluding carboxylic acids is 1. The molecule has 5 nitrogen and oxygen atoms in total. The van der Waals surface area contributed by atoms with Crippen molar-refractivity contribution in [3.63, 3.8) is 0 Å². The predicted octanol–water partition coefficient (Wildman–Crippen LogP) is 2.10. The largest absolute Gasteiger partial charge is 0.334 e. The highest BCUT2D eigenvalue weighted by molar-refractivity contribution is 7.10. The predicted molar refractivity (Wildman–Crippen MR) is 78.7 cm³/mol. The van der Waals surface area contributed by atoms with Crippen molar-refractivity contribution in [2.45, 2.75) is 32.5 Å². The number of aromatic nitrogens is 2. The van der Waals surface area contributed by atoms with Crippen LogP contribution in [0.15, 0.2) is 29.9 Å². The summed E-state index contributed by atoms with van der Waals surface area (Å²) in [5, 5.41) is 9.30. The minimum atomic E-state index is 0.0153. The second-order valence-corrected chi connectivity index (χ2v) is 6.12. The fourth-order valence-corrected chi connectivity index (χ4v) is 3.35. The molecule has 0 radical (unpaired) electrons. The van der Waals surface area contributed by atoms with Gasteiger partial charge in [0.15, 0.2) is 0 Å². The van der Waals surface area contributed by atoms with Crippen LogP contribution in [-0.4, -0.2) is 33.3 Å². The minimum absolute atomic E-state index is 0.0153. The van der Waals surface area contributed by atoms with E-state index in [2.05, 4.69) is 21.9 Å². The van der Waals surface area contributed by atoms with Gasteiger partial charge in [0, 0.05) is 36.4 Å². The molecule has 1 aliphatic rings. The number of thiophene rings is 1. The summed E-state index contributed by atoms with van der Waals surface area (Å²) in [7, 11) is 0. The van der Waals surface area contributed by atoms with E-state index in [0.29, 0.717) is 6.54 Å². The van der Waals surface area contributed by atoms with Gasteiger partial charge in [0.2, 0.25) is 0 Å². The lowest BCUT2D eigenvalue weighted by Gasteiger charge is -2.28. The standard InChI is InChI=1S/C14H18N4OS/c1-11(9-18-6-2-5-15-18)16-14(19)17-7-3-13-12(10-17)4-8-20-13/h2,4-6,8,11H,3,7,9-10H2,1H3,(H,16,19). The quantitative estimate of drug-likeness (QED) is 0.941. The van der Waals surface area contributed by atoms with E-state index in [9.17, 15) is 4.79 Å². The van der Waals surface area contributed by atoms with Crippen LogP contribution in [0.5, 0.6) is 0 Å². The first-order chi connectivity index (χ1) is 9.72. The Balaban J connectivity index is 1.54. The van der Waals surface area contributed by atoms with Gasteiger partial charge in [0.25, 0.3) is 0 Å². The van der Waals surface area contributed by atoms with Gasteiger partial charge in [0.05, 0.1) is 6.54 Å². The fourth-order valence-electron chi connectivity index (χ4n) is 2.46. The molecule has 0 aromatic carbocycles. The van der Waals surface area contributed by atoms with E-state index < -0.39 is 0 Å². The van der Waals surface area contributed by atoms with Crippen LogP contribution in [0, 0.1) is 0 Å². The molecule has 0 spiro atoms. The number of nitrogens with one attached hydrogen (secondary N) is 1. The van der Waals surface area contributed by atoms with Gasteiger partial charge >= 0.3 is 6.03 Å². The Morgan fingerprint density at radius 3 is 3.30 bits per heavy atom. The van der Waals surface area contributed by atoms with Crippen LogP contribution in [0.4, 0.5) is 4.79 Å². The molecule has 3 heterocycles. The highest BCUT2D eigenvalue weighted by Gasteiger charge is 2.22. The molecule has 2 amide bonds. The summed E-state index contributed by atoms with van der Waals surface area (Å²) in [5.74, 6) is 0. The van der Waals surface area contributed by atoms with Crippen molar-refractivity contribution >= 4 is 17.4 Å². The van der Waals surface area contributed by atoms with Gasteiger partial charge in [-0.3, -0.25) is 4.68 Å². The molecular weight excluding hydrogens is 272 g/mol. The third-order valence-corrected chi connectivity index (χ3v) is 4.51. The molecular formula is C14H18N4OS. The summed E-state index contributed by atoms with van der Waals surface area (Å²) >= 11 is 1.79. The zero-order valence-corrected chi connectivity index (χ0v) is 12.3. The molecule has 0 saturated carbocycles. The van der Waals surface area contributed by atoms with Gasteiger partial charge in [-0.15, -0.1) is 11.3 Å². The second-order valence-electron chi connectivity index (χ2n) is 5.12. The van der Waals surface area contributed by atoms with Crippen LogP contribution >= 0.6 is 11.3 Å². The van der Waals surface area contributed by atoms with Crippen molar-refractivity contribution < 1.29 is 4.79 Å². The average molecular weight is 290 g/mol. The maximum atomic E-state index is 12.3. The maximum Gasteiger partial charge on any atom is 0.317 e. The van der Waals surface area contributed by atoms with Crippen molar-refractivity contribution in [1.29, 1.82) is 0 Å². The maximum absolute atomic E-state index is 12.3. The monoisotopic (exact) mass is 290 g/mol. The van der Waals surface area contributed by atoms with Crippen molar-refractivity contribution in [3.8, 4) is 0 Å². The van der Waals surface area contributed by atoms with Gasteiger partial charge in [-0.25, -0.2) is 4.79 Å². The highest BCUT2D eigenvalue weighted by atomic mass is 32.1. The number of hydrogen-bond acceptors (Lipinski definition) is 3. The van der Waals surface area contributed by atoms with E-state index in [4.69, 9.17) is 0 Å². The van der Waals surface area contributed by atoms with Crippen molar-refractivity contribution in [2.75, 3.05) is 6.54 Å². The average Bonchev–Trinajstić information content (AvgIpc) is 3.07. The van der Waals surface area contributed by atoms with E-state index in [1.165, 1.54) is 10.4 Å². The van der Waals surface area contributed by atoms with Crippen molar-refractivity contribution in [3.05, 3.63) is 40.3 Å². The van der Waals surface area contributed by atoms with Crippen molar-refractivity contribution in [2.24, 2.45) is 0 Å². The molecule has 1 aliphatic heterocycles. The number of amides is 2. The lowest BCUT2D eigenvalue weighted by molar-refractivity contribution is 0.188. The molecule has 1 N–H and O–H groups in total. The summed E-state index contributed by atoms with van der Waals surface area (Å²) in [4.78, 5) is 15.6. The van der Waals surface area contributed by atoms with Gasteiger partial charge in [-0.2, -0.15) is 5.10 Å².